The second-order valence-corrected chi connectivity index (χ2v) is 7.80. The number of nitrogens with zero attached hydrogens (tertiary/aromatic N) is 1. The van der Waals surface area contributed by atoms with E-state index >= 15 is 0 Å². The molecule has 0 saturated heterocycles. The fourth-order valence-electron chi connectivity index (χ4n) is 3.43. The van der Waals surface area contributed by atoms with Crippen LogP contribution < -0.4 is 10.6 Å². The van der Waals surface area contributed by atoms with E-state index in [0.29, 0.717) is 17.8 Å². The molecule has 0 aliphatic rings. The quantitative estimate of drug-likeness (QED) is 0.534. The second-order valence-electron chi connectivity index (χ2n) is 7.80. The molecule has 0 aliphatic carbocycles. The van der Waals surface area contributed by atoms with E-state index in [1.54, 1.807) is 11.0 Å². The summed E-state index contributed by atoms with van der Waals surface area (Å²) in [5, 5.41) is 7.20. The van der Waals surface area contributed by atoms with Crippen LogP contribution >= 0.6 is 0 Å². The normalized spacial score (nSPS) is 10.6. The molecule has 0 saturated carbocycles. The molecule has 0 aromatic heterocycles. The number of hydrogen-bond donors (Lipinski definition) is 2. The van der Waals surface area contributed by atoms with E-state index in [2.05, 4.69) is 10.6 Å². The molecule has 6 heteroatoms. The van der Waals surface area contributed by atoms with Crippen LogP contribution in [0.4, 0.5) is 5.69 Å². The maximum atomic E-state index is 13.3. The molecule has 3 aromatic rings. The van der Waals surface area contributed by atoms with E-state index in [-0.39, 0.29) is 30.8 Å². The van der Waals surface area contributed by atoms with Gasteiger partial charge in [-0.3, -0.25) is 14.4 Å². The average Bonchev–Trinajstić information content (AvgIpc) is 2.81. The van der Waals surface area contributed by atoms with E-state index in [4.69, 9.17) is 0 Å². The summed E-state index contributed by atoms with van der Waals surface area (Å²) in [5.41, 5.74) is 2.34. The zero-order valence-corrected chi connectivity index (χ0v) is 18.6. The van der Waals surface area contributed by atoms with Crippen LogP contribution in [0.3, 0.4) is 0 Å². The molecule has 0 atom stereocenters. The largest absolute Gasteiger partial charge is 0.345 e. The van der Waals surface area contributed by atoms with Crippen LogP contribution in [0.1, 0.15) is 35.7 Å². The summed E-state index contributed by atoms with van der Waals surface area (Å²) in [5.74, 6) is -0.869. The highest BCUT2D eigenvalue weighted by molar-refractivity contribution is 6.08. The lowest BCUT2D eigenvalue weighted by Crippen LogP contribution is -2.43. The average molecular weight is 432 g/mol. The Balaban J connectivity index is 1.63. The molecule has 3 aromatic carbocycles. The molecule has 32 heavy (non-hydrogen) atoms. The molecule has 0 fully saturated rings. The lowest BCUT2D eigenvalue weighted by Gasteiger charge is -2.23. The van der Waals surface area contributed by atoms with Crippen LogP contribution in [0.25, 0.3) is 10.8 Å². The number of carbonyl (C=O) groups excluding carboxylic acids is 3. The molecule has 3 rings (SSSR count). The fraction of sp³-hybridized carbons (Fsp3) is 0.269. The van der Waals surface area contributed by atoms with Crippen molar-refractivity contribution < 1.29 is 14.4 Å². The van der Waals surface area contributed by atoms with Gasteiger partial charge in [0.25, 0.3) is 5.91 Å². The van der Waals surface area contributed by atoms with Crippen LogP contribution in [-0.4, -0.2) is 42.3 Å². The summed E-state index contributed by atoms with van der Waals surface area (Å²) in [6.07, 6.45) is 1.69. The van der Waals surface area contributed by atoms with Crippen molar-refractivity contribution in [2.45, 2.75) is 26.7 Å². The molecule has 6 nitrogen and oxygen atoms in total. The van der Waals surface area contributed by atoms with Gasteiger partial charge in [0, 0.05) is 17.8 Å². The third-order valence-electron chi connectivity index (χ3n) is 5.20. The van der Waals surface area contributed by atoms with E-state index in [9.17, 15) is 14.4 Å². The molecule has 3 amide bonds. The Hall–Kier alpha value is -3.67. The summed E-state index contributed by atoms with van der Waals surface area (Å²) in [4.78, 5) is 39.5. The lowest BCUT2D eigenvalue weighted by molar-refractivity contribution is -0.124. The Kier molecular flexibility index (Phi) is 7.97. The number of carbonyl (C=O) groups is 3. The van der Waals surface area contributed by atoms with Crippen molar-refractivity contribution in [3.8, 4) is 0 Å². The monoisotopic (exact) mass is 431 g/mol. The molecular formula is C26H29N3O3. The highest BCUT2D eigenvalue weighted by atomic mass is 16.2. The highest BCUT2D eigenvalue weighted by Gasteiger charge is 2.20. The van der Waals surface area contributed by atoms with Gasteiger partial charge in [0.05, 0.1) is 13.1 Å². The zero-order chi connectivity index (χ0) is 22.9. The smallest absolute Gasteiger partial charge is 0.254 e. The predicted octanol–water partition coefficient (Wildman–Crippen LogP) is 4.15. The topological polar surface area (TPSA) is 78.5 Å². The third-order valence-corrected chi connectivity index (χ3v) is 5.20. The summed E-state index contributed by atoms with van der Waals surface area (Å²) < 4.78 is 0. The maximum absolute atomic E-state index is 13.3. The van der Waals surface area contributed by atoms with Crippen LogP contribution in [0.2, 0.25) is 0 Å². The first-order valence-corrected chi connectivity index (χ1v) is 10.9. The Bertz CT molecular complexity index is 1090. The van der Waals surface area contributed by atoms with Crippen LogP contribution in [-0.2, 0) is 9.59 Å². The Morgan fingerprint density at radius 1 is 0.875 bits per heavy atom. The molecular weight excluding hydrogens is 402 g/mol. The van der Waals surface area contributed by atoms with E-state index in [0.717, 1.165) is 29.2 Å². The number of rotatable bonds is 9. The first-order chi connectivity index (χ1) is 15.5. The van der Waals surface area contributed by atoms with E-state index < -0.39 is 0 Å². The number of benzene rings is 3. The fourth-order valence-corrected chi connectivity index (χ4v) is 3.43. The highest BCUT2D eigenvalue weighted by Crippen LogP contribution is 2.20. The summed E-state index contributed by atoms with van der Waals surface area (Å²) in [6, 6.07) is 20.7. The lowest BCUT2D eigenvalue weighted by atomic mass is 10.0. The van der Waals surface area contributed by atoms with Gasteiger partial charge >= 0.3 is 0 Å². The molecule has 0 bridgehead atoms. The van der Waals surface area contributed by atoms with Crippen molar-refractivity contribution in [3.63, 3.8) is 0 Å². The number of aryl methyl sites for hydroxylation is 1. The molecule has 0 unspecified atom stereocenters. The van der Waals surface area contributed by atoms with Crippen molar-refractivity contribution >= 4 is 34.2 Å². The van der Waals surface area contributed by atoms with Gasteiger partial charge < -0.3 is 15.5 Å². The Morgan fingerprint density at radius 2 is 1.59 bits per heavy atom. The summed E-state index contributed by atoms with van der Waals surface area (Å²) in [6.45, 7) is 4.23. The van der Waals surface area contributed by atoms with Crippen molar-refractivity contribution in [1.82, 2.24) is 10.2 Å². The van der Waals surface area contributed by atoms with Gasteiger partial charge in [-0.1, -0.05) is 67.4 Å². The predicted molar refractivity (Wildman–Crippen MR) is 128 cm³/mol. The number of amides is 3. The number of anilines is 1. The number of fused-ring (bicyclic) bond motifs is 1. The molecule has 0 spiro atoms. The standard InChI is InChI=1S/C26H29N3O3/c1-3-4-16-29(26(32)23-11-7-9-20-8-5-6-10-22(20)23)18-25(31)27-17-24(30)28-21-14-12-19(2)13-15-21/h5-15H,3-4,16-18H2,1-2H3,(H,27,31)(H,28,30). The number of hydrogen-bond acceptors (Lipinski definition) is 3. The second kappa shape index (κ2) is 11.1. The van der Waals surface area contributed by atoms with Crippen molar-refractivity contribution in [3.05, 3.63) is 77.9 Å². The minimum Gasteiger partial charge on any atom is -0.345 e. The van der Waals surface area contributed by atoms with Gasteiger partial charge in [0.2, 0.25) is 11.8 Å². The van der Waals surface area contributed by atoms with E-state index in [1.807, 2.05) is 74.5 Å². The van der Waals surface area contributed by atoms with Crippen molar-refractivity contribution in [2.75, 3.05) is 25.0 Å². The minimum atomic E-state index is -0.367. The van der Waals surface area contributed by atoms with Gasteiger partial charge in [0.1, 0.15) is 0 Å². The van der Waals surface area contributed by atoms with Gasteiger partial charge in [0.15, 0.2) is 0 Å². The van der Waals surface area contributed by atoms with E-state index in [1.165, 1.54) is 0 Å². The number of unbranched alkanes of at least 4 members (excludes halogenated alkanes) is 1. The zero-order valence-electron chi connectivity index (χ0n) is 18.6. The Labute approximate surface area is 188 Å². The maximum Gasteiger partial charge on any atom is 0.254 e. The van der Waals surface area contributed by atoms with Gasteiger partial charge in [-0.05, 0) is 42.3 Å². The first-order valence-electron chi connectivity index (χ1n) is 10.9. The van der Waals surface area contributed by atoms with Crippen LogP contribution in [0.15, 0.2) is 66.7 Å². The van der Waals surface area contributed by atoms with Crippen molar-refractivity contribution in [2.24, 2.45) is 0 Å². The first kappa shape index (κ1) is 23.0. The van der Waals surface area contributed by atoms with Crippen LogP contribution in [0.5, 0.6) is 0 Å². The molecule has 2 N–H and O–H groups in total. The molecule has 0 heterocycles. The summed E-state index contributed by atoms with van der Waals surface area (Å²) >= 11 is 0. The minimum absolute atomic E-state index is 0.0974. The van der Waals surface area contributed by atoms with Crippen LogP contribution in [0, 0.1) is 6.92 Å². The molecule has 0 aliphatic heterocycles. The number of nitrogens with one attached hydrogen (secondary N) is 2. The van der Waals surface area contributed by atoms with Gasteiger partial charge in [-0.15, -0.1) is 0 Å². The van der Waals surface area contributed by atoms with Crippen molar-refractivity contribution in [1.29, 1.82) is 0 Å². The van der Waals surface area contributed by atoms with Gasteiger partial charge in [-0.25, -0.2) is 0 Å². The molecule has 166 valence electrons. The van der Waals surface area contributed by atoms with Gasteiger partial charge in [-0.2, -0.15) is 0 Å². The Morgan fingerprint density at radius 3 is 2.34 bits per heavy atom. The summed E-state index contributed by atoms with van der Waals surface area (Å²) in [7, 11) is 0. The SMILES string of the molecule is CCCCN(CC(=O)NCC(=O)Nc1ccc(C)cc1)C(=O)c1cccc2ccccc12. The molecule has 0 radical (unpaired) electrons. The third kappa shape index (κ3) is 6.17.